The van der Waals surface area contributed by atoms with Gasteiger partial charge in [-0.25, -0.2) is 0 Å². The Balaban J connectivity index is 1.52. The summed E-state index contributed by atoms with van der Waals surface area (Å²) in [6, 6.07) is 0. The summed E-state index contributed by atoms with van der Waals surface area (Å²) in [5.74, 6) is 0.447. The molecular weight excluding hydrogens is 258 g/mol. The van der Waals surface area contributed by atoms with Crippen LogP contribution in [0.25, 0.3) is 0 Å². The molecule has 0 aliphatic carbocycles. The van der Waals surface area contributed by atoms with Crippen LogP contribution in [0.3, 0.4) is 0 Å². The van der Waals surface area contributed by atoms with Crippen LogP contribution in [-0.4, -0.2) is 65.6 Å². The van der Waals surface area contributed by atoms with Crippen molar-refractivity contribution >= 4 is 11.7 Å². The van der Waals surface area contributed by atoms with Gasteiger partial charge < -0.3 is 24.6 Å². The summed E-state index contributed by atoms with van der Waals surface area (Å²) >= 11 is 1.08. The van der Waals surface area contributed by atoms with Crippen molar-refractivity contribution in [3.05, 3.63) is 6.20 Å². The van der Waals surface area contributed by atoms with Crippen molar-refractivity contribution in [2.45, 2.75) is 12.2 Å². The van der Waals surface area contributed by atoms with Crippen molar-refractivity contribution < 1.29 is 19.3 Å². The van der Waals surface area contributed by atoms with Crippen molar-refractivity contribution in [2.75, 3.05) is 39.5 Å². The second-order valence-electron chi connectivity index (χ2n) is 3.94. The first-order valence-electron chi connectivity index (χ1n) is 5.83. The summed E-state index contributed by atoms with van der Waals surface area (Å²) in [5.41, 5.74) is 0. The van der Waals surface area contributed by atoms with Gasteiger partial charge >= 0.3 is 0 Å². The summed E-state index contributed by atoms with van der Waals surface area (Å²) < 4.78 is 23.7. The molecule has 0 radical (unpaired) electrons. The molecule has 2 N–H and O–H groups in total. The smallest absolute Gasteiger partial charge is 0.245 e. The lowest BCUT2D eigenvalue weighted by molar-refractivity contribution is -0.0869. The molecule has 0 saturated carbocycles. The van der Waals surface area contributed by atoms with Crippen LogP contribution < -0.4 is 10.1 Å². The van der Waals surface area contributed by atoms with E-state index in [1.54, 1.807) is 0 Å². The Labute approximate surface area is 109 Å². The van der Waals surface area contributed by atoms with E-state index in [0.29, 0.717) is 38.8 Å². The molecule has 0 bridgehead atoms. The van der Waals surface area contributed by atoms with Crippen molar-refractivity contribution in [3.8, 4) is 5.88 Å². The zero-order chi connectivity index (χ0) is 12.6. The third kappa shape index (κ3) is 4.83. The minimum absolute atomic E-state index is 0.0645. The highest BCUT2D eigenvalue weighted by Gasteiger charge is 2.14. The minimum atomic E-state index is -0.587. The number of nitrogens with zero attached hydrogens (tertiary/aromatic N) is 2. The summed E-state index contributed by atoms with van der Waals surface area (Å²) in [4.78, 5) is 0. The Bertz CT molecular complexity index is 319. The van der Waals surface area contributed by atoms with Gasteiger partial charge in [0.1, 0.15) is 18.9 Å². The van der Waals surface area contributed by atoms with Crippen molar-refractivity contribution in [1.82, 2.24) is 14.1 Å². The Morgan fingerprint density at radius 3 is 3.28 bits per heavy atom. The van der Waals surface area contributed by atoms with Crippen molar-refractivity contribution in [2.24, 2.45) is 0 Å². The number of aliphatic hydroxyl groups is 1. The summed E-state index contributed by atoms with van der Waals surface area (Å²) in [6.45, 7) is 3.20. The molecule has 18 heavy (non-hydrogen) atoms. The van der Waals surface area contributed by atoms with E-state index in [0.717, 1.165) is 11.7 Å². The third-order valence-electron chi connectivity index (χ3n) is 2.40. The van der Waals surface area contributed by atoms with E-state index in [4.69, 9.17) is 14.2 Å². The maximum Gasteiger partial charge on any atom is 0.245 e. The zero-order valence-corrected chi connectivity index (χ0v) is 10.8. The molecule has 1 aliphatic heterocycles. The predicted molar refractivity (Wildman–Crippen MR) is 64.8 cm³/mol. The number of aromatic nitrogens is 2. The average molecular weight is 275 g/mol. The van der Waals surface area contributed by atoms with Crippen LogP contribution in [0.4, 0.5) is 0 Å². The van der Waals surface area contributed by atoms with E-state index in [1.165, 1.54) is 6.20 Å². The molecule has 1 aliphatic rings. The molecule has 1 saturated heterocycles. The number of nitrogens with one attached hydrogen (secondary N) is 1. The number of rotatable bonds is 7. The fourth-order valence-electron chi connectivity index (χ4n) is 1.53. The molecule has 8 heteroatoms. The highest BCUT2D eigenvalue weighted by atomic mass is 32.1. The zero-order valence-electron chi connectivity index (χ0n) is 9.95. The topological polar surface area (TPSA) is 85.7 Å². The Hall–Kier alpha value is -0.800. The van der Waals surface area contributed by atoms with E-state index < -0.39 is 6.10 Å². The molecule has 2 unspecified atom stereocenters. The normalized spacial score (nSPS) is 21.7. The fraction of sp³-hybridized carbons (Fsp3) is 0.800. The van der Waals surface area contributed by atoms with E-state index >= 15 is 0 Å². The average Bonchev–Trinajstić information content (AvgIpc) is 2.91. The second kappa shape index (κ2) is 7.59. The maximum absolute atomic E-state index is 9.67. The second-order valence-corrected chi connectivity index (χ2v) is 4.49. The molecule has 2 rings (SSSR count). The lowest BCUT2D eigenvalue weighted by Crippen LogP contribution is -2.41. The fourth-order valence-corrected chi connectivity index (χ4v) is 1.89. The Kier molecular flexibility index (Phi) is 5.75. The van der Waals surface area contributed by atoms with Crippen LogP contribution in [0.2, 0.25) is 0 Å². The van der Waals surface area contributed by atoms with Crippen LogP contribution >= 0.6 is 11.7 Å². The molecule has 102 valence electrons. The monoisotopic (exact) mass is 275 g/mol. The highest BCUT2D eigenvalue weighted by molar-refractivity contribution is 6.99. The highest BCUT2D eigenvalue weighted by Crippen LogP contribution is 2.05. The maximum atomic E-state index is 9.67. The van der Waals surface area contributed by atoms with Crippen LogP contribution in [0.1, 0.15) is 0 Å². The van der Waals surface area contributed by atoms with Gasteiger partial charge in [-0.3, -0.25) is 0 Å². The van der Waals surface area contributed by atoms with Gasteiger partial charge in [-0.15, -0.1) is 4.37 Å². The van der Waals surface area contributed by atoms with Gasteiger partial charge in [0.15, 0.2) is 0 Å². The van der Waals surface area contributed by atoms with Gasteiger partial charge in [0, 0.05) is 13.1 Å². The number of hydrogen-bond donors (Lipinski definition) is 2. The van der Waals surface area contributed by atoms with Gasteiger partial charge in [-0.1, -0.05) is 0 Å². The molecule has 0 amide bonds. The first kappa shape index (κ1) is 13.6. The standard InChI is InChI=1S/C10H17N3O4S/c14-8(6-17-10-5-12-18-13-10)3-11-4-9-7-15-1-2-16-9/h5,8-9,11,14H,1-4,6-7H2. The first-order valence-corrected chi connectivity index (χ1v) is 6.56. The summed E-state index contributed by atoms with van der Waals surface area (Å²) in [5, 5.41) is 12.8. The van der Waals surface area contributed by atoms with Gasteiger partial charge in [-0.2, -0.15) is 4.37 Å². The molecule has 2 heterocycles. The van der Waals surface area contributed by atoms with Crippen LogP contribution in [-0.2, 0) is 9.47 Å². The number of ether oxygens (including phenoxy) is 3. The number of aliphatic hydroxyl groups excluding tert-OH is 1. The quantitative estimate of drug-likeness (QED) is 0.679. The molecule has 1 aromatic heterocycles. The molecule has 2 atom stereocenters. The predicted octanol–water partition coefficient (Wildman–Crippen LogP) is -0.717. The largest absolute Gasteiger partial charge is 0.473 e. The Morgan fingerprint density at radius 1 is 1.61 bits per heavy atom. The van der Waals surface area contributed by atoms with Gasteiger partial charge in [0.05, 0.1) is 37.7 Å². The Morgan fingerprint density at radius 2 is 2.56 bits per heavy atom. The molecule has 7 nitrogen and oxygen atoms in total. The molecular formula is C10H17N3O4S. The lowest BCUT2D eigenvalue weighted by atomic mass is 10.3. The summed E-state index contributed by atoms with van der Waals surface area (Å²) in [7, 11) is 0. The van der Waals surface area contributed by atoms with E-state index in [9.17, 15) is 5.11 Å². The molecule has 1 aromatic rings. The van der Waals surface area contributed by atoms with Gasteiger partial charge in [0.2, 0.25) is 5.88 Å². The van der Waals surface area contributed by atoms with Crippen LogP contribution in [0, 0.1) is 0 Å². The lowest BCUT2D eigenvalue weighted by Gasteiger charge is -2.23. The van der Waals surface area contributed by atoms with Crippen LogP contribution in [0.15, 0.2) is 6.20 Å². The molecule has 0 aromatic carbocycles. The van der Waals surface area contributed by atoms with Gasteiger partial charge in [-0.05, 0) is 0 Å². The van der Waals surface area contributed by atoms with E-state index in [1.807, 2.05) is 0 Å². The van der Waals surface area contributed by atoms with Crippen molar-refractivity contribution in [3.63, 3.8) is 0 Å². The van der Waals surface area contributed by atoms with Gasteiger partial charge in [0.25, 0.3) is 0 Å². The molecule has 0 spiro atoms. The number of hydrogen-bond acceptors (Lipinski definition) is 8. The van der Waals surface area contributed by atoms with Crippen LogP contribution in [0.5, 0.6) is 5.88 Å². The molecule has 1 fully saturated rings. The van der Waals surface area contributed by atoms with E-state index in [-0.39, 0.29) is 12.7 Å². The van der Waals surface area contributed by atoms with E-state index in [2.05, 4.69) is 14.1 Å². The summed E-state index contributed by atoms with van der Waals surface area (Å²) in [6.07, 6.45) is 1.00. The minimum Gasteiger partial charge on any atom is -0.473 e. The third-order valence-corrected chi connectivity index (χ3v) is 2.86. The first-order chi connectivity index (χ1) is 8.84. The SMILES string of the molecule is OC(CNCC1COCCO1)COc1cnsn1. The van der Waals surface area contributed by atoms with Crippen molar-refractivity contribution in [1.29, 1.82) is 0 Å².